The van der Waals surface area contributed by atoms with Crippen LogP contribution in [-0.4, -0.2) is 26.4 Å². The molecule has 4 nitrogen and oxygen atoms in total. The lowest BCUT2D eigenvalue weighted by Gasteiger charge is -2.29. The molecule has 1 aromatic heterocycles. The van der Waals surface area contributed by atoms with Crippen LogP contribution in [0.4, 0.5) is 0 Å². The zero-order valence-electron chi connectivity index (χ0n) is 12.4. The molecule has 1 fully saturated rings. The van der Waals surface area contributed by atoms with Crippen LogP contribution in [0.2, 0.25) is 0 Å². The van der Waals surface area contributed by atoms with Crippen LogP contribution < -0.4 is 0 Å². The van der Waals surface area contributed by atoms with Gasteiger partial charge in [0, 0.05) is 6.04 Å². The summed E-state index contributed by atoms with van der Waals surface area (Å²) in [4.78, 5) is 15.5. The molecule has 0 radical (unpaired) electrons. The summed E-state index contributed by atoms with van der Waals surface area (Å²) in [7, 11) is 0. The minimum absolute atomic E-state index is 0.0521. The molecule has 21 heavy (non-hydrogen) atoms. The number of carbonyl (C=O) groups is 1. The van der Waals surface area contributed by atoms with E-state index in [-0.39, 0.29) is 11.2 Å². The number of hydrogen-bond acceptors (Lipinski definition) is 3. The normalized spacial score (nSPS) is 21.0. The second-order valence-corrected chi connectivity index (χ2v) is 7.27. The molecule has 1 heterocycles. The van der Waals surface area contributed by atoms with Gasteiger partial charge < -0.3 is 9.67 Å². The molecule has 1 N–H and O–H groups in total. The second-order valence-electron chi connectivity index (χ2n) is 6.33. The van der Waals surface area contributed by atoms with Crippen molar-refractivity contribution in [2.45, 2.75) is 44.3 Å². The van der Waals surface area contributed by atoms with E-state index in [1.54, 1.807) is 0 Å². The van der Waals surface area contributed by atoms with E-state index in [2.05, 4.69) is 29.5 Å². The van der Waals surface area contributed by atoms with Gasteiger partial charge in [-0.2, -0.15) is 0 Å². The number of imidazole rings is 1. The predicted octanol–water partition coefficient (Wildman–Crippen LogP) is 3.96. The van der Waals surface area contributed by atoms with Crippen LogP contribution in [0.1, 0.15) is 39.2 Å². The first kappa shape index (κ1) is 14.4. The van der Waals surface area contributed by atoms with Crippen molar-refractivity contribution in [1.82, 2.24) is 9.55 Å². The topological polar surface area (TPSA) is 55.1 Å². The average molecular weight is 304 g/mol. The smallest absolute Gasteiger partial charge is 0.313 e. The zero-order valence-corrected chi connectivity index (χ0v) is 13.2. The van der Waals surface area contributed by atoms with Gasteiger partial charge in [0.25, 0.3) is 0 Å². The Bertz CT molecular complexity index is 678. The highest BCUT2D eigenvalue weighted by atomic mass is 32.2. The highest BCUT2D eigenvalue weighted by molar-refractivity contribution is 7.99. The van der Waals surface area contributed by atoms with E-state index in [9.17, 15) is 4.79 Å². The van der Waals surface area contributed by atoms with E-state index in [0.29, 0.717) is 6.04 Å². The lowest BCUT2D eigenvalue weighted by atomic mass is 9.87. The quantitative estimate of drug-likeness (QED) is 0.869. The Morgan fingerprint density at radius 1 is 1.48 bits per heavy atom. The van der Waals surface area contributed by atoms with Gasteiger partial charge in [0.05, 0.1) is 16.8 Å². The SMILES string of the molecule is CC1(C)CCCC1n1c(SCC(=O)O)nc2ccccc21. The average Bonchev–Trinajstić information content (AvgIpc) is 2.95. The number of aromatic nitrogens is 2. The molecule has 1 saturated carbocycles. The summed E-state index contributed by atoms with van der Waals surface area (Å²) in [5.41, 5.74) is 2.29. The summed E-state index contributed by atoms with van der Waals surface area (Å²) in [6, 6.07) is 8.47. The van der Waals surface area contributed by atoms with Gasteiger partial charge in [-0.05, 0) is 30.4 Å². The molecular formula is C16H20N2O2S. The van der Waals surface area contributed by atoms with Gasteiger partial charge in [-0.3, -0.25) is 4.79 Å². The molecule has 1 unspecified atom stereocenters. The molecule has 112 valence electrons. The Balaban J connectivity index is 2.09. The van der Waals surface area contributed by atoms with Crippen LogP contribution in [0.25, 0.3) is 11.0 Å². The molecule has 5 heteroatoms. The third-order valence-electron chi connectivity index (χ3n) is 4.40. The summed E-state index contributed by atoms with van der Waals surface area (Å²) in [6.07, 6.45) is 3.55. The molecule has 0 spiro atoms. The summed E-state index contributed by atoms with van der Waals surface area (Å²) >= 11 is 1.32. The molecule has 3 rings (SSSR count). The summed E-state index contributed by atoms with van der Waals surface area (Å²) < 4.78 is 2.27. The minimum atomic E-state index is -0.802. The van der Waals surface area contributed by atoms with Crippen LogP contribution in [-0.2, 0) is 4.79 Å². The van der Waals surface area contributed by atoms with E-state index in [4.69, 9.17) is 5.11 Å². The maximum Gasteiger partial charge on any atom is 0.313 e. The van der Waals surface area contributed by atoms with Gasteiger partial charge in [0.1, 0.15) is 0 Å². The summed E-state index contributed by atoms with van der Waals surface area (Å²) in [6.45, 7) is 4.59. The van der Waals surface area contributed by atoms with Crippen LogP contribution in [0.5, 0.6) is 0 Å². The first-order valence-electron chi connectivity index (χ1n) is 7.30. The summed E-state index contributed by atoms with van der Waals surface area (Å²) in [5.74, 6) is -0.750. The van der Waals surface area contributed by atoms with Crippen molar-refractivity contribution in [3.63, 3.8) is 0 Å². The molecule has 1 aliphatic carbocycles. The van der Waals surface area contributed by atoms with Crippen molar-refractivity contribution in [2.75, 3.05) is 5.75 Å². The van der Waals surface area contributed by atoms with Gasteiger partial charge >= 0.3 is 5.97 Å². The van der Waals surface area contributed by atoms with Crippen LogP contribution in [0, 0.1) is 5.41 Å². The molecule has 1 aliphatic rings. The minimum Gasteiger partial charge on any atom is -0.481 e. The first-order chi connectivity index (χ1) is 9.99. The third-order valence-corrected chi connectivity index (χ3v) is 5.34. The van der Waals surface area contributed by atoms with Gasteiger partial charge in [0.2, 0.25) is 0 Å². The van der Waals surface area contributed by atoms with Crippen molar-refractivity contribution in [3.05, 3.63) is 24.3 Å². The Morgan fingerprint density at radius 2 is 2.24 bits per heavy atom. The second kappa shape index (κ2) is 5.37. The van der Waals surface area contributed by atoms with Gasteiger partial charge in [-0.1, -0.05) is 44.2 Å². The monoisotopic (exact) mass is 304 g/mol. The van der Waals surface area contributed by atoms with Crippen LogP contribution in [0.15, 0.2) is 29.4 Å². The Kier molecular flexibility index (Phi) is 3.69. The maximum atomic E-state index is 10.9. The zero-order chi connectivity index (χ0) is 15.0. The Hall–Kier alpha value is -1.49. The molecule has 1 aromatic carbocycles. The molecule has 0 bridgehead atoms. The number of hydrogen-bond donors (Lipinski definition) is 1. The van der Waals surface area contributed by atoms with Crippen LogP contribution >= 0.6 is 11.8 Å². The van der Waals surface area contributed by atoms with Gasteiger partial charge in [0.15, 0.2) is 5.16 Å². The number of rotatable bonds is 4. The van der Waals surface area contributed by atoms with Gasteiger partial charge in [-0.25, -0.2) is 4.98 Å². The lowest BCUT2D eigenvalue weighted by molar-refractivity contribution is -0.133. The number of carboxylic acid groups (broad SMARTS) is 1. The van der Waals surface area contributed by atoms with Gasteiger partial charge in [-0.15, -0.1) is 0 Å². The van der Waals surface area contributed by atoms with E-state index < -0.39 is 5.97 Å². The number of fused-ring (bicyclic) bond motifs is 1. The summed E-state index contributed by atoms with van der Waals surface area (Å²) in [5, 5.41) is 9.78. The van der Waals surface area contributed by atoms with Crippen molar-refractivity contribution in [1.29, 1.82) is 0 Å². The van der Waals surface area contributed by atoms with E-state index >= 15 is 0 Å². The number of thioether (sulfide) groups is 1. The number of carboxylic acids is 1. The van der Waals surface area contributed by atoms with Crippen molar-refractivity contribution < 1.29 is 9.90 Å². The van der Waals surface area contributed by atoms with Crippen molar-refractivity contribution in [3.8, 4) is 0 Å². The van der Waals surface area contributed by atoms with E-state index in [1.165, 1.54) is 24.6 Å². The molecule has 2 aromatic rings. The number of para-hydroxylation sites is 2. The number of nitrogens with zero attached hydrogens (tertiary/aromatic N) is 2. The van der Waals surface area contributed by atoms with Crippen LogP contribution in [0.3, 0.4) is 0 Å². The van der Waals surface area contributed by atoms with E-state index in [0.717, 1.165) is 22.6 Å². The largest absolute Gasteiger partial charge is 0.481 e. The third kappa shape index (κ3) is 2.67. The highest BCUT2D eigenvalue weighted by Gasteiger charge is 2.37. The first-order valence-corrected chi connectivity index (χ1v) is 8.29. The lowest BCUT2D eigenvalue weighted by Crippen LogP contribution is -2.22. The number of benzene rings is 1. The Morgan fingerprint density at radius 3 is 2.90 bits per heavy atom. The molecular weight excluding hydrogens is 284 g/mol. The van der Waals surface area contributed by atoms with E-state index in [1.807, 2.05) is 18.2 Å². The fraction of sp³-hybridized carbons (Fsp3) is 0.500. The molecule has 0 saturated heterocycles. The predicted molar refractivity (Wildman–Crippen MR) is 84.8 cm³/mol. The molecule has 0 aliphatic heterocycles. The van der Waals surface area contributed by atoms with Crippen molar-refractivity contribution >= 4 is 28.8 Å². The molecule has 1 atom stereocenters. The fourth-order valence-corrected chi connectivity index (χ4v) is 4.12. The highest BCUT2D eigenvalue weighted by Crippen LogP contribution is 2.48. The standard InChI is InChI=1S/C16H20N2O2S/c1-16(2)9-5-8-13(16)18-12-7-4-3-6-11(12)17-15(18)21-10-14(19)20/h3-4,6-7,13H,5,8-10H2,1-2H3,(H,19,20). The van der Waals surface area contributed by atoms with Crippen molar-refractivity contribution in [2.24, 2.45) is 5.41 Å². The number of aliphatic carboxylic acids is 1. The fourth-order valence-electron chi connectivity index (χ4n) is 3.34. The maximum absolute atomic E-state index is 10.9. The molecule has 0 amide bonds. The Labute approximate surface area is 128 Å².